The van der Waals surface area contributed by atoms with Crippen LogP contribution >= 0.6 is 0 Å². The highest BCUT2D eigenvalue weighted by Gasteiger charge is 2.32. The van der Waals surface area contributed by atoms with E-state index in [1.54, 1.807) is 6.92 Å². The lowest BCUT2D eigenvalue weighted by Gasteiger charge is -2.20. The molecule has 7 nitrogen and oxygen atoms in total. The first-order valence-electron chi connectivity index (χ1n) is 9.38. The molecule has 29 heavy (non-hydrogen) atoms. The molecule has 2 unspecified atom stereocenters. The fourth-order valence-corrected chi connectivity index (χ4v) is 3.69. The standard InChI is InChI=1S/C22H22N2O5/c1-12(28-2)19(22(26)27)23-10-13-7-8-15-14(9-13)11-29-20(15)18-16-5-3-4-6-17(16)24-21(18)25/h3-9,12,19,23H,10-11H2,1-2H3,(H,24,25)(H,26,27). The van der Waals surface area contributed by atoms with E-state index in [1.165, 1.54) is 7.11 Å². The minimum Gasteiger partial charge on any atom is -0.487 e. The number of carboxylic acids is 1. The van der Waals surface area contributed by atoms with Gasteiger partial charge >= 0.3 is 5.97 Å². The van der Waals surface area contributed by atoms with Crippen molar-refractivity contribution in [3.63, 3.8) is 0 Å². The molecular formula is C22H22N2O5. The molecule has 0 spiro atoms. The number of carbonyl (C=O) groups is 2. The Kier molecular flexibility index (Phi) is 5.08. The molecule has 0 bridgehead atoms. The number of ether oxygens (including phenoxy) is 2. The molecule has 2 aromatic carbocycles. The van der Waals surface area contributed by atoms with Crippen LogP contribution in [0.15, 0.2) is 42.5 Å². The van der Waals surface area contributed by atoms with Crippen molar-refractivity contribution >= 4 is 28.9 Å². The van der Waals surface area contributed by atoms with Crippen LogP contribution in [0.5, 0.6) is 0 Å². The van der Waals surface area contributed by atoms with Crippen molar-refractivity contribution in [2.45, 2.75) is 32.2 Å². The van der Waals surface area contributed by atoms with Crippen LogP contribution in [0.4, 0.5) is 5.69 Å². The average molecular weight is 394 g/mol. The highest BCUT2D eigenvalue weighted by molar-refractivity contribution is 6.36. The third kappa shape index (κ3) is 3.50. The van der Waals surface area contributed by atoms with E-state index in [0.717, 1.165) is 27.9 Å². The van der Waals surface area contributed by atoms with Gasteiger partial charge in [-0.2, -0.15) is 0 Å². The number of carbonyl (C=O) groups excluding carboxylic acids is 1. The van der Waals surface area contributed by atoms with Gasteiger partial charge in [-0.3, -0.25) is 14.9 Å². The van der Waals surface area contributed by atoms with Crippen LogP contribution in [-0.2, 0) is 32.2 Å². The summed E-state index contributed by atoms with van der Waals surface area (Å²) in [5, 5.41) is 15.3. The van der Waals surface area contributed by atoms with Crippen molar-refractivity contribution < 1.29 is 24.2 Å². The molecule has 3 N–H and O–H groups in total. The smallest absolute Gasteiger partial charge is 0.323 e. The number of nitrogens with one attached hydrogen (secondary N) is 2. The summed E-state index contributed by atoms with van der Waals surface area (Å²) in [6.07, 6.45) is -0.456. The Hall–Kier alpha value is -3.16. The van der Waals surface area contributed by atoms with E-state index < -0.39 is 18.1 Å². The van der Waals surface area contributed by atoms with Gasteiger partial charge in [-0.1, -0.05) is 36.4 Å². The van der Waals surface area contributed by atoms with E-state index in [4.69, 9.17) is 9.47 Å². The van der Waals surface area contributed by atoms with Gasteiger partial charge in [0.15, 0.2) is 0 Å². The number of amides is 1. The average Bonchev–Trinajstić information content (AvgIpc) is 3.26. The minimum atomic E-state index is -0.957. The molecular weight excluding hydrogens is 372 g/mol. The lowest BCUT2D eigenvalue weighted by molar-refractivity contribution is -0.142. The number of aliphatic carboxylic acids is 1. The summed E-state index contributed by atoms with van der Waals surface area (Å²) in [5.74, 6) is -0.544. The molecule has 0 saturated carbocycles. The molecule has 4 rings (SSSR count). The summed E-state index contributed by atoms with van der Waals surface area (Å²) in [6, 6.07) is 12.5. The predicted molar refractivity (Wildman–Crippen MR) is 108 cm³/mol. The largest absolute Gasteiger partial charge is 0.487 e. The van der Waals surface area contributed by atoms with Crippen LogP contribution in [0.2, 0.25) is 0 Å². The Bertz CT molecular complexity index is 1010. The molecule has 0 radical (unpaired) electrons. The van der Waals surface area contributed by atoms with Gasteiger partial charge in [-0.05, 0) is 18.6 Å². The van der Waals surface area contributed by atoms with Gasteiger partial charge < -0.3 is 19.9 Å². The highest BCUT2D eigenvalue weighted by atomic mass is 16.5. The number of fused-ring (bicyclic) bond motifs is 2. The first-order valence-corrected chi connectivity index (χ1v) is 9.38. The molecule has 7 heteroatoms. The number of rotatable bonds is 6. The number of hydrogen-bond donors (Lipinski definition) is 3. The minimum absolute atomic E-state index is 0.169. The molecule has 0 aromatic heterocycles. The van der Waals surface area contributed by atoms with Crippen LogP contribution in [0.1, 0.15) is 29.2 Å². The van der Waals surface area contributed by atoms with Gasteiger partial charge in [0.05, 0.1) is 11.7 Å². The molecule has 1 amide bonds. The fraction of sp³-hybridized carbons (Fsp3) is 0.273. The monoisotopic (exact) mass is 394 g/mol. The van der Waals surface area contributed by atoms with Gasteiger partial charge in [0.25, 0.3) is 5.91 Å². The number of benzene rings is 2. The van der Waals surface area contributed by atoms with E-state index in [1.807, 2.05) is 42.5 Å². The Morgan fingerprint density at radius 3 is 2.83 bits per heavy atom. The van der Waals surface area contributed by atoms with Gasteiger partial charge in [0.2, 0.25) is 0 Å². The summed E-state index contributed by atoms with van der Waals surface area (Å²) < 4.78 is 11.0. The maximum absolute atomic E-state index is 12.5. The van der Waals surface area contributed by atoms with E-state index >= 15 is 0 Å². The molecule has 2 aliphatic heterocycles. The van der Waals surface area contributed by atoms with E-state index in [0.29, 0.717) is 24.5 Å². The number of para-hydroxylation sites is 1. The third-order valence-electron chi connectivity index (χ3n) is 5.32. The Morgan fingerprint density at radius 1 is 1.28 bits per heavy atom. The molecule has 2 heterocycles. The van der Waals surface area contributed by atoms with E-state index in [-0.39, 0.29) is 5.91 Å². The number of anilines is 1. The SMILES string of the molecule is COC(C)C(NCc1ccc2c(c1)COC2=C1C(=O)Nc2ccccc21)C(=O)O. The topological polar surface area (TPSA) is 96.9 Å². The fourth-order valence-electron chi connectivity index (χ4n) is 3.69. The number of methoxy groups -OCH3 is 1. The van der Waals surface area contributed by atoms with E-state index in [2.05, 4.69) is 10.6 Å². The van der Waals surface area contributed by atoms with Gasteiger partial charge in [-0.25, -0.2) is 0 Å². The first-order chi connectivity index (χ1) is 14.0. The summed E-state index contributed by atoms with van der Waals surface area (Å²) in [4.78, 5) is 23.9. The third-order valence-corrected chi connectivity index (χ3v) is 5.32. The van der Waals surface area contributed by atoms with Crippen molar-refractivity contribution in [2.75, 3.05) is 12.4 Å². The second-order valence-electron chi connectivity index (χ2n) is 7.12. The van der Waals surface area contributed by atoms with Crippen molar-refractivity contribution in [1.29, 1.82) is 0 Å². The Morgan fingerprint density at radius 2 is 2.07 bits per heavy atom. The molecule has 0 aliphatic carbocycles. The molecule has 2 atom stereocenters. The second-order valence-corrected chi connectivity index (χ2v) is 7.12. The maximum Gasteiger partial charge on any atom is 0.323 e. The van der Waals surface area contributed by atoms with Crippen molar-refractivity contribution in [1.82, 2.24) is 5.32 Å². The molecule has 2 aromatic rings. The van der Waals surface area contributed by atoms with Crippen LogP contribution < -0.4 is 10.6 Å². The Balaban J connectivity index is 1.59. The van der Waals surface area contributed by atoms with Gasteiger partial charge in [-0.15, -0.1) is 0 Å². The Labute approximate surface area is 168 Å². The van der Waals surface area contributed by atoms with Gasteiger partial charge in [0, 0.05) is 36.0 Å². The van der Waals surface area contributed by atoms with Crippen LogP contribution in [0.3, 0.4) is 0 Å². The summed E-state index contributed by atoms with van der Waals surface area (Å²) in [6.45, 7) is 2.47. The van der Waals surface area contributed by atoms with Crippen LogP contribution in [0, 0.1) is 0 Å². The lowest BCUT2D eigenvalue weighted by atomic mass is 9.99. The zero-order valence-corrected chi connectivity index (χ0v) is 16.2. The molecule has 2 aliphatic rings. The highest BCUT2D eigenvalue weighted by Crippen LogP contribution is 2.41. The number of carboxylic acid groups (broad SMARTS) is 1. The molecule has 0 saturated heterocycles. The normalized spacial score (nSPS) is 19.2. The van der Waals surface area contributed by atoms with Crippen molar-refractivity contribution in [2.24, 2.45) is 0 Å². The quantitative estimate of drug-likeness (QED) is 0.652. The van der Waals surface area contributed by atoms with E-state index in [9.17, 15) is 14.7 Å². The van der Waals surface area contributed by atoms with Crippen molar-refractivity contribution in [3.05, 3.63) is 64.7 Å². The second kappa shape index (κ2) is 7.69. The molecule has 150 valence electrons. The zero-order valence-electron chi connectivity index (χ0n) is 16.2. The van der Waals surface area contributed by atoms with Crippen LogP contribution in [-0.4, -0.2) is 36.2 Å². The summed E-state index contributed by atoms with van der Waals surface area (Å²) >= 11 is 0. The predicted octanol–water partition coefficient (Wildman–Crippen LogP) is 2.61. The van der Waals surface area contributed by atoms with Crippen LogP contribution in [0.25, 0.3) is 11.3 Å². The van der Waals surface area contributed by atoms with Crippen molar-refractivity contribution in [3.8, 4) is 0 Å². The zero-order chi connectivity index (χ0) is 20.5. The summed E-state index contributed by atoms with van der Waals surface area (Å²) in [5.41, 5.74) is 4.95. The summed E-state index contributed by atoms with van der Waals surface area (Å²) in [7, 11) is 1.49. The first kappa shape index (κ1) is 19.2. The molecule has 0 fully saturated rings. The van der Waals surface area contributed by atoms with Gasteiger partial charge in [0.1, 0.15) is 18.4 Å². The number of hydrogen-bond acceptors (Lipinski definition) is 5. The maximum atomic E-state index is 12.5. The lowest BCUT2D eigenvalue weighted by Crippen LogP contribution is -2.45.